The van der Waals surface area contributed by atoms with Crippen molar-refractivity contribution in [1.29, 1.82) is 0 Å². The molecule has 0 saturated heterocycles. The molecule has 0 radical (unpaired) electrons. The van der Waals surface area contributed by atoms with Gasteiger partial charge in [-0.15, -0.1) is 6.58 Å². The zero-order chi connectivity index (χ0) is 11.3. The van der Waals surface area contributed by atoms with Gasteiger partial charge in [0.1, 0.15) is 6.17 Å². The fraction of sp³-hybridized carbons (Fsp3) is 0.182. The molecule has 80 valence electrons. The third-order valence-corrected chi connectivity index (χ3v) is 1.98. The van der Waals surface area contributed by atoms with E-state index in [1.807, 2.05) is 0 Å². The van der Waals surface area contributed by atoms with E-state index in [0.717, 1.165) is 0 Å². The lowest BCUT2D eigenvalue weighted by Gasteiger charge is -2.17. The van der Waals surface area contributed by atoms with Gasteiger partial charge in [0, 0.05) is 0 Å². The van der Waals surface area contributed by atoms with Gasteiger partial charge < -0.3 is 10.4 Å². The molecule has 2 N–H and O–H groups in total. The first-order valence-electron chi connectivity index (χ1n) is 4.46. The van der Waals surface area contributed by atoms with E-state index >= 15 is 0 Å². The molecule has 15 heavy (non-hydrogen) atoms. The zero-order valence-corrected chi connectivity index (χ0v) is 8.06. The SMILES string of the molecule is C=C[C@@H](NC(=O)O)[C@@H](F)c1ccccc1. The summed E-state index contributed by atoms with van der Waals surface area (Å²) in [4.78, 5) is 10.4. The van der Waals surface area contributed by atoms with Crippen LogP contribution in [0.1, 0.15) is 11.7 Å². The second-order valence-electron chi connectivity index (χ2n) is 3.02. The number of halogens is 1. The minimum Gasteiger partial charge on any atom is -0.465 e. The topological polar surface area (TPSA) is 49.3 Å². The Kier molecular flexibility index (Phi) is 3.85. The Hall–Kier alpha value is -1.84. The molecule has 1 amide bonds. The van der Waals surface area contributed by atoms with Crippen molar-refractivity contribution in [3.8, 4) is 0 Å². The third kappa shape index (κ3) is 3.09. The number of hydrogen-bond acceptors (Lipinski definition) is 1. The zero-order valence-electron chi connectivity index (χ0n) is 8.06. The molecule has 0 heterocycles. The molecule has 1 aromatic rings. The van der Waals surface area contributed by atoms with Crippen LogP contribution >= 0.6 is 0 Å². The fourth-order valence-electron chi connectivity index (χ4n) is 1.24. The van der Waals surface area contributed by atoms with Crippen LogP contribution in [0.5, 0.6) is 0 Å². The van der Waals surface area contributed by atoms with Crippen molar-refractivity contribution in [2.24, 2.45) is 0 Å². The van der Waals surface area contributed by atoms with E-state index in [4.69, 9.17) is 5.11 Å². The standard InChI is InChI=1S/C11H12FNO2/c1-2-9(13-11(14)15)10(12)8-6-4-3-5-7-8/h2-7,9-10,13H,1H2,(H,14,15)/t9-,10+/m1/s1. The monoisotopic (exact) mass is 209 g/mol. The van der Waals surface area contributed by atoms with Crippen LogP contribution in [0.2, 0.25) is 0 Å². The maximum atomic E-state index is 13.8. The van der Waals surface area contributed by atoms with Crippen molar-refractivity contribution in [3.05, 3.63) is 48.6 Å². The van der Waals surface area contributed by atoms with Gasteiger partial charge in [-0.25, -0.2) is 9.18 Å². The molecule has 0 bridgehead atoms. The predicted octanol–water partition coefficient (Wildman–Crippen LogP) is 2.52. The second kappa shape index (κ2) is 5.14. The molecule has 0 aromatic heterocycles. The van der Waals surface area contributed by atoms with Gasteiger partial charge in [0.15, 0.2) is 0 Å². The highest BCUT2D eigenvalue weighted by Crippen LogP contribution is 2.21. The summed E-state index contributed by atoms with van der Waals surface area (Å²) < 4.78 is 13.8. The molecular weight excluding hydrogens is 197 g/mol. The lowest BCUT2D eigenvalue weighted by Crippen LogP contribution is -2.35. The Balaban J connectivity index is 2.77. The van der Waals surface area contributed by atoms with Gasteiger partial charge in [0.2, 0.25) is 0 Å². The fourth-order valence-corrected chi connectivity index (χ4v) is 1.24. The molecule has 0 aliphatic carbocycles. The van der Waals surface area contributed by atoms with E-state index in [9.17, 15) is 9.18 Å². The van der Waals surface area contributed by atoms with Crippen molar-refractivity contribution in [2.45, 2.75) is 12.2 Å². The van der Waals surface area contributed by atoms with E-state index in [2.05, 4.69) is 11.9 Å². The molecule has 0 aliphatic rings. The third-order valence-electron chi connectivity index (χ3n) is 1.98. The van der Waals surface area contributed by atoms with Crippen LogP contribution in [0.15, 0.2) is 43.0 Å². The number of rotatable bonds is 4. The molecule has 3 nitrogen and oxygen atoms in total. The summed E-state index contributed by atoms with van der Waals surface area (Å²) in [6.45, 7) is 3.39. The highest BCUT2D eigenvalue weighted by atomic mass is 19.1. The number of amides is 1. The number of nitrogens with one attached hydrogen (secondary N) is 1. The average molecular weight is 209 g/mol. The highest BCUT2D eigenvalue weighted by molar-refractivity contribution is 5.65. The van der Waals surface area contributed by atoms with E-state index in [-0.39, 0.29) is 0 Å². The lowest BCUT2D eigenvalue weighted by molar-refractivity contribution is 0.182. The van der Waals surface area contributed by atoms with Crippen LogP contribution in [0.3, 0.4) is 0 Å². The van der Waals surface area contributed by atoms with E-state index in [0.29, 0.717) is 5.56 Å². The van der Waals surface area contributed by atoms with E-state index in [1.54, 1.807) is 30.3 Å². The largest absolute Gasteiger partial charge is 0.465 e. The number of alkyl halides is 1. The van der Waals surface area contributed by atoms with Gasteiger partial charge >= 0.3 is 6.09 Å². The van der Waals surface area contributed by atoms with Crippen molar-refractivity contribution < 1.29 is 14.3 Å². The number of carbonyl (C=O) groups is 1. The highest BCUT2D eigenvalue weighted by Gasteiger charge is 2.21. The summed E-state index contributed by atoms with van der Waals surface area (Å²) in [6, 6.07) is 7.44. The maximum absolute atomic E-state index is 13.8. The summed E-state index contributed by atoms with van der Waals surface area (Å²) in [6.07, 6.45) is -1.44. The minimum atomic E-state index is -1.42. The first-order valence-corrected chi connectivity index (χ1v) is 4.46. The molecule has 1 rings (SSSR count). The number of benzene rings is 1. The van der Waals surface area contributed by atoms with Crippen molar-refractivity contribution >= 4 is 6.09 Å². The summed E-state index contributed by atoms with van der Waals surface area (Å²) >= 11 is 0. The molecule has 0 unspecified atom stereocenters. The second-order valence-corrected chi connectivity index (χ2v) is 3.02. The Bertz CT molecular complexity index is 340. The van der Waals surface area contributed by atoms with Crippen molar-refractivity contribution in [2.75, 3.05) is 0 Å². The van der Waals surface area contributed by atoms with Crippen LogP contribution in [0, 0.1) is 0 Å². The van der Waals surface area contributed by atoms with Crippen LogP contribution in [-0.2, 0) is 0 Å². The van der Waals surface area contributed by atoms with Crippen molar-refractivity contribution in [3.63, 3.8) is 0 Å². The van der Waals surface area contributed by atoms with E-state index < -0.39 is 18.3 Å². The smallest absolute Gasteiger partial charge is 0.405 e. The Morgan fingerprint density at radius 1 is 1.47 bits per heavy atom. The van der Waals surface area contributed by atoms with Gasteiger partial charge in [-0.1, -0.05) is 36.4 Å². The van der Waals surface area contributed by atoms with Gasteiger partial charge in [0.25, 0.3) is 0 Å². The molecule has 4 heteroatoms. The van der Waals surface area contributed by atoms with E-state index in [1.165, 1.54) is 6.08 Å². The number of carboxylic acid groups (broad SMARTS) is 1. The van der Waals surface area contributed by atoms with Gasteiger partial charge in [0.05, 0.1) is 6.04 Å². The van der Waals surface area contributed by atoms with Crippen LogP contribution in [0.4, 0.5) is 9.18 Å². The molecule has 0 fully saturated rings. The molecule has 0 aliphatic heterocycles. The lowest BCUT2D eigenvalue weighted by atomic mass is 10.0. The molecular formula is C11H12FNO2. The van der Waals surface area contributed by atoms with Crippen LogP contribution in [-0.4, -0.2) is 17.2 Å². The first kappa shape index (κ1) is 11.2. The molecule has 0 spiro atoms. The summed E-state index contributed by atoms with van der Waals surface area (Å²) in [5.41, 5.74) is 0.427. The predicted molar refractivity (Wildman–Crippen MR) is 55.4 cm³/mol. The quantitative estimate of drug-likeness (QED) is 0.748. The molecule has 0 saturated carbocycles. The van der Waals surface area contributed by atoms with Gasteiger partial charge in [-0.05, 0) is 5.56 Å². The summed E-state index contributed by atoms with van der Waals surface area (Å²) in [5.74, 6) is 0. The Labute approximate surface area is 87.2 Å². The van der Waals surface area contributed by atoms with Crippen molar-refractivity contribution in [1.82, 2.24) is 5.32 Å². The minimum absolute atomic E-state index is 0.427. The maximum Gasteiger partial charge on any atom is 0.405 e. The molecule has 2 atom stereocenters. The van der Waals surface area contributed by atoms with Gasteiger partial charge in [-0.3, -0.25) is 0 Å². The van der Waals surface area contributed by atoms with Crippen LogP contribution < -0.4 is 5.32 Å². The number of hydrogen-bond donors (Lipinski definition) is 2. The molecule has 1 aromatic carbocycles. The summed E-state index contributed by atoms with van der Waals surface area (Å²) in [7, 11) is 0. The average Bonchev–Trinajstić information content (AvgIpc) is 2.26. The normalized spacial score (nSPS) is 13.9. The van der Waals surface area contributed by atoms with Gasteiger partial charge in [-0.2, -0.15) is 0 Å². The Morgan fingerprint density at radius 2 is 2.07 bits per heavy atom. The Morgan fingerprint density at radius 3 is 2.53 bits per heavy atom. The van der Waals surface area contributed by atoms with Crippen LogP contribution in [0.25, 0.3) is 0 Å². The summed E-state index contributed by atoms with van der Waals surface area (Å²) in [5, 5.41) is 10.5. The first-order chi connectivity index (χ1) is 7.15.